The lowest BCUT2D eigenvalue weighted by molar-refractivity contribution is -0.123. The number of carbonyl (C=O) groups excluding carboxylic acids is 2. The molecule has 0 radical (unpaired) electrons. The van der Waals surface area contributed by atoms with Crippen molar-refractivity contribution in [3.8, 4) is 0 Å². The third-order valence-corrected chi connectivity index (χ3v) is 2.77. The summed E-state index contributed by atoms with van der Waals surface area (Å²) in [4.78, 5) is 24.2. The van der Waals surface area contributed by atoms with E-state index in [9.17, 15) is 9.59 Å². The highest BCUT2D eigenvalue weighted by Gasteiger charge is 2.27. The molecule has 1 rings (SSSR count). The van der Waals surface area contributed by atoms with Crippen LogP contribution in [0.1, 0.15) is 33.6 Å². The first-order valence-corrected chi connectivity index (χ1v) is 6.62. The molecule has 0 spiro atoms. The summed E-state index contributed by atoms with van der Waals surface area (Å²) >= 11 is 0. The lowest BCUT2D eigenvalue weighted by atomic mass is 9.99. The number of ether oxygens (including phenoxy) is 2. The first kappa shape index (κ1) is 15.8. The second-order valence-electron chi connectivity index (χ2n) is 5.92. The summed E-state index contributed by atoms with van der Waals surface area (Å²) in [6, 6.07) is 0. The lowest BCUT2D eigenvalue weighted by Crippen LogP contribution is -2.44. The van der Waals surface area contributed by atoms with Crippen LogP contribution in [0, 0.1) is 5.92 Å². The number of nitrogens with zero attached hydrogens (tertiary/aromatic N) is 1. The van der Waals surface area contributed by atoms with Gasteiger partial charge in [0.15, 0.2) is 0 Å². The van der Waals surface area contributed by atoms with Crippen molar-refractivity contribution < 1.29 is 19.1 Å². The molecule has 0 saturated carbocycles. The van der Waals surface area contributed by atoms with E-state index in [4.69, 9.17) is 15.2 Å². The number of piperidine rings is 1. The van der Waals surface area contributed by atoms with Crippen molar-refractivity contribution in [3.05, 3.63) is 0 Å². The molecule has 1 atom stereocenters. The van der Waals surface area contributed by atoms with Crippen LogP contribution in [-0.2, 0) is 14.3 Å². The van der Waals surface area contributed by atoms with Gasteiger partial charge >= 0.3 is 6.09 Å². The van der Waals surface area contributed by atoms with Gasteiger partial charge in [0, 0.05) is 19.0 Å². The van der Waals surface area contributed by atoms with Gasteiger partial charge in [-0.2, -0.15) is 0 Å². The maximum Gasteiger partial charge on any atom is 0.410 e. The standard InChI is InChI=1S/C13H24N2O4/c1-13(2,3)19-12(17)15-6-4-5-10(7-15)8-18-9-11(14)16/h10H,4-9H2,1-3H3,(H2,14,16)/t10-/m0/s1. The van der Waals surface area contributed by atoms with E-state index in [2.05, 4.69) is 0 Å². The van der Waals surface area contributed by atoms with Crippen molar-refractivity contribution >= 4 is 12.0 Å². The topological polar surface area (TPSA) is 81.9 Å². The smallest absolute Gasteiger partial charge is 0.410 e. The Kier molecular flexibility index (Phi) is 5.60. The number of nitrogens with two attached hydrogens (primary N) is 1. The minimum absolute atomic E-state index is 0.0665. The molecule has 1 saturated heterocycles. The van der Waals surface area contributed by atoms with Crippen LogP contribution in [0.25, 0.3) is 0 Å². The fourth-order valence-electron chi connectivity index (χ4n) is 2.02. The third-order valence-electron chi connectivity index (χ3n) is 2.77. The predicted octanol–water partition coefficient (Wildman–Crippen LogP) is 1.14. The number of primary amides is 1. The van der Waals surface area contributed by atoms with Crippen molar-refractivity contribution in [1.29, 1.82) is 0 Å². The molecular formula is C13H24N2O4. The van der Waals surface area contributed by atoms with Crippen molar-refractivity contribution in [2.75, 3.05) is 26.3 Å². The molecule has 0 aromatic rings. The summed E-state index contributed by atoms with van der Waals surface area (Å²) in [5.41, 5.74) is 4.52. The Balaban J connectivity index is 2.37. The minimum atomic E-state index is -0.480. The summed E-state index contributed by atoms with van der Waals surface area (Å²) in [5.74, 6) is -0.236. The highest BCUT2D eigenvalue weighted by molar-refractivity contribution is 5.74. The van der Waals surface area contributed by atoms with Gasteiger partial charge in [-0.1, -0.05) is 0 Å². The lowest BCUT2D eigenvalue weighted by Gasteiger charge is -2.33. The highest BCUT2D eigenvalue weighted by Crippen LogP contribution is 2.19. The van der Waals surface area contributed by atoms with E-state index in [1.807, 2.05) is 20.8 Å². The van der Waals surface area contributed by atoms with Crippen molar-refractivity contribution in [2.24, 2.45) is 11.7 Å². The van der Waals surface area contributed by atoms with Gasteiger partial charge in [0.1, 0.15) is 12.2 Å². The molecule has 0 unspecified atom stereocenters. The Bertz CT molecular complexity index is 325. The van der Waals surface area contributed by atoms with E-state index in [1.165, 1.54) is 0 Å². The van der Waals surface area contributed by atoms with Crippen LogP contribution in [0.5, 0.6) is 0 Å². The molecule has 0 bridgehead atoms. The molecule has 1 aliphatic heterocycles. The Labute approximate surface area is 114 Å². The van der Waals surface area contributed by atoms with Gasteiger partial charge in [0.2, 0.25) is 5.91 Å². The monoisotopic (exact) mass is 272 g/mol. The molecule has 2 amide bonds. The highest BCUT2D eigenvalue weighted by atomic mass is 16.6. The van der Waals surface area contributed by atoms with Gasteiger partial charge in [-0.05, 0) is 33.6 Å². The van der Waals surface area contributed by atoms with Gasteiger partial charge in [-0.15, -0.1) is 0 Å². The Morgan fingerprint density at radius 2 is 2.05 bits per heavy atom. The van der Waals surface area contributed by atoms with Gasteiger partial charge < -0.3 is 20.1 Å². The summed E-state index contributed by atoms with van der Waals surface area (Å²) < 4.78 is 10.6. The van der Waals surface area contributed by atoms with Gasteiger partial charge in [-0.25, -0.2) is 4.79 Å². The van der Waals surface area contributed by atoms with E-state index in [-0.39, 0.29) is 18.6 Å². The Morgan fingerprint density at radius 1 is 1.37 bits per heavy atom. The number of amides is 2. The van der Waals surface area contributed by atoms with E-state index >= 15 is 0 Å². The Hall–Kier alpha value is -1.30. The molecule has 1 fully saturated rings. The van der Waals surface area contributed by atoms with E-state index in [0.717, 1.165) is 12.8 Å². The number of hydrogen-bond acceptors (Lipinski definition) is 4. The molecule has 110 valence electrons. The third kappa shape index (κ3) is 6.42. The molecule has 0 aromatic carbocycles. The quantitative estimate of drug-likeness (QED) is 0.832. The van der Waals surface area contributed by atoms with Gasteiger partial charge in [-0.3, -0.25) is 4.79 Å². The molecule has 0 aromatic heterocycles. The maximum atomic E-state index is 11.9. The molecule has 19 heavy (non-hydrogen) atoms. The minimum Gasteiger partial charge on any atom is -0.444 e. The summed E-state index contributed by atoms with van der Waals surface area (Å²) in [5, 5.41) is 0. The van der Waals surface area contributed by atoms with Crippen LogP contribution >= 0.6 is 0 Å². The zero-order chi connectivity index (χ0) is 14.5. The first-order valence-electron chi connectivity index (χ1n) is 6.62. The number of rotatable bonds is 4. The van der Waals surface area contributed by atoms with Gasteiger partial charge in [0.25, 0.3) is 0 Å². The average Bonchev–Trinajstić information content (AvgIpc) is 2.26. The van der Waals surface area contributed by atoms with Crippen LogP contribution in [-0.4, -0.2) is 48.8 Å². The van der Waals surface area contributed by atoms with E-state index in [0.29, 0.717) is 19.7 Å². The number of carbonyl (C=O) groups is 2. The molecule has 6 heteroatoms. The van der Waals surface area contributed by atoms with Crippen LogP contribution in [0.2, 0.25) is 0 Å². The predicted molar refractivity (Wildman–Crippen MR) is 70.5 cm³/mol. The second kappa shape index (κ2) is 6.75. The molecule has 1 heterocycles. The fraction of sp³-hybridized carbons (Fsp3) is 0.846. The van der Waals surface area contributed by atoms with Crippen LogP contribution < -0.4 is 5.73 Å². The number of hydrogen-bond donors (Lipinski definition) is 1. The zero-order valence-corrected chi connectivity index (χ0v) is 12.0. The molecule has 1 aliphatic rings. The van der Waals surface area contributed by atoms with Crippen molar-refractivity contribution in [3.63, 3.8) is 0 Å². The normalized spacial score (nSPS) is 20.2. The molecule has 2 N–H and O–H groups in total. The van der Waals surface area contributed by atoms with Crippen LogP contribution in [0.15, 0.2) is 0 Å². The first-order chi connectivity index (χ1) is 8.78. The van der Waals surface area contributed by atoms with E-state index in [1.54, 1.807) is 4.90 Å². The molecule has 6 nitrogen and oxygen atoms in total. The van der Waals surface area contributed by atoms with Crippen LogP contribution in [0.4, 0.5) is 4.79 Å². The fourth-order valence-corrected chi connectivity index (χ4v) is 2.02. The average molecular weight is 272 g/mol. The SMILES string of the molecule is CC(C)(C)OC(=O)N1CCC[C@H](COCC(N)=O)C1. The van der Waals surface area contributed by atoms with Crippen molar-refractivity contribution in [1.82, 2.24) is 4.90 Å². The zero-order valence-electron chi connectivity index (χ0n) is 12.0. The summed E-state index contributed by atoms with van der Waals surface area (Å²) in [6.45, 7) is 7.24. The van der Waals surface area contributed by atoms with Crippen molar-refractivity contribution in [2.45, 2.75) is 39.2 Å². The molecular weight excluding hydrogens is 248 g/mol. The summed E-state index contributed by atoms with van der Waals surface area (Å²) in [7, 11) is 0. The molecule has 0 aliphatic carbocycles. The number of likely N-dealkylation sites (tertiary alicyclic amines) is 1. The largest absolute Gasteiger partial charge is 0.444 e. The maximum absolute atomic E-state index is 11.9. The Morgan fingerprint density at radius 3 is 2.63 bits per heavy atom. The summed E-state index contributed by atoms with van der Waals surface area (Å²) in [6.07, 6.45) is 1.62. The van der Waals surface area contributed by atoms with Gasteiger partial charge in [0.05, 0.1) is 6.61 Å². The van der Waals surface area contributed by atoms with Crippen LogP contribution in [0.3, 0.4) is 0 Å². The second-order valence-corrected chi connectivity index (χ2v) is 5.92. The van der Waals surface area contributed by atoms with E-state index < -0.39 is 11.5 Å².